The molecule has 1 aliphatic heterocycles. The zero-order chi connectivity index (χ0) is 23.3. The summed E-state index contributed by atoms with van der Waals surface area (Å²) in [5, 5.41) is 11.6. The fourth-order valence-electron chi connectivity index (χ4n) is 4.47. The highest BCUT2D eigenvalue weighted by atomic mass is 35.5. The van der Waals surface area contributed by atoms with Crippen LogP contribution in [-0.4, -0.2) is 22.5 Å². The predicted molar refractivity (Wildman–Crippen MR) is 117 cm³/mol. The van der Waals surface area contributed by atoms with Crippen molar-refractivity contribution in [2.75, 3.05) is 6.61 Å². The fraction of sp³-hybridized carbons (Fsp3) is 0.375. The molecule has 1 aromatic heterocycles. The zero-order valence-electron chi connectivity index (χ0n) is 17.6. The minimum atomic E-state index is -4.69. The predicted octanol–water partition coefficient (Wildman–Crippen LogP) is 5.63. The molecule has 0 spiro atoms. The van der Waals surface area contributed by atoms with Gasteiger partial charge in [-0.3, -0.25) is 4.79 Å². The number of nitrogens with zero attached hydrogens (tertiary/aromatic N) is 1. The van der Waals surface area contributed by atoms with Crippen molar-refractivity contribution in [1.82, 2.24) is 4.57 Å². The summed E-state index contributed by atoms with van der Waals surface area (Å²) in [7, 11) is 0. The zero-order valence-corrected chi connectivity index (χ0v) is 18.4. The number of para-hydroxylation sites is 1. The molecule has 2 unspecified atom stereocenters. The standard InChI is InChI=1S/C24H23ClF3NO3/c1-23(2,17-12-15(25)11-14-8-10-32-21(14)17)13-18(24(26,27)28)22(31)29-9-7-20(30)16-5-3-4-6-19(16)29/h3-7,9,11-12,18,22,31H,8,10,13H2,1-2H3. The van der Waals surface area contributed by atoms with E-state index in [0.29, 0.717) is 29.4 Å². The minimum absolute atomic E-state index is 0.242. The number of fused-ring (bicyclic) bond motifs is 2. The average Bonchev–Trinajstić information content (AvgIpc) is 3.19. The molecule has 3 aromatic rings. The van der Waals surface area contributed by atoms with E-state index in [1.54, 1.807) is 38.1 Å². The van der Waals surface area contributed by atoms with Crippen molar-refractivity contribution in [3.8, 4) is 5.75 Å². The Morgan fingerprint density at radius 1 is 1.19 bits per heavy atom. The fourth-order valence-corrected chi connectivity index (χ4v) is 4.71. The van der Waals surface area contributed by atoms with Crippen LogP contribution in [0, 0.1) is 5.92 Å². The van der Waals surface area contributed by atoms with Gasteiger partial charge in [-0.05, 0) is 41.7 Å². The summed E-state index contributed by atoms with van der Waals surface area (Å²) in [6.45, 7) is 3.83. The first-order chi connectivity index (χ1) is 15.0. The molecule has 0 bridgehead atoms. The van der Waals surface area contributed by atoms with Crippen molar-refractivity contribution < 1.29 is 23.0 Å². The lowest BCUT2D eigenvalue weighted by atomic mass is 9.75. The van der Waals surface area contributed by atoms with Crippen molar-refractivity contribution in [2.24, 2.45) is 5.92 Å². The number of pyridine rings is 1. The summed E-state index contributed by atoms with van der Waals surface area (Å²) in [5.41, 5.74) is 0.376. The molecule has 2 heterocycles. The monoisotopic (exact) mass is 465 g/mol. The highest BCUT2D eigenvalue weighted by Gasteiger charge is 2.48. The number of hydrogen-bond acceptors (Lipinski definition) is 3. The SMILES string of the molecule is CC(C)(CC(C(O)n1ccc(=O)c2ccccc21)C(F)(F)F)c1cc(Cl)cc2c1OCC2. The smallest absolute Gasteiger partial charge is 0.396 e. The molecule has 0 saturated heterocycles. The quantitative estimate of drug-likeness (QED) is 0.531. The van der Waals surface area contributed by atoms with Gasteiger partial charge in [0, 0.05) is 34.7 Å². The van der Waals surface area contributed by atoms with E-state index in [9.17, 15) is 23.1 Å². The highest BCUT2D eigenvalue weighted by Crippen LogP contribution is 2.47. The van der Waals surface area contributed by atoms with Crippen molar-refractivity contribution in [3.63, 3.8) is 0 Å². The van der Waals surface area contributed by atoms with E-state index in [-0.39, 0.29) is 16.3 Å². The molecule has 32 heavy (non-hydrogen) atoms. The van der Waals surface area contributed by atoms with Gasteiger partial charge in [0.05, 0.1) is 12.1 Å². The molecule has 2 aromatic carbocycles. The third-order valence-electron chi connectivity index (χ3n) is 6.11. The topological polar surface area (TPSA) is 51.5 Å². The largest absolute Gasteiger partial charge is 0.493 e. The lowest BCUT2D eigenvalue weighted by molar-refractivity contribution is -0.217. The van der Waals surface area contributed by atoms with Gasteiger partial charge in [0.25, 0.3) is 0 Å². The lowest BCUT2D eigenvalue weighted by Crippen LogP contribution is -2.37. The molecule has 1 aliphatic rings. The minimum Gasteiger partial charge on any atom is -0.493 e. The Morgan fingerprint density at radius 2 is 1.91 bits per heavy atom. The molecule has 0 fully saturated rings. The molecule has 0 saturated carbocycles. The van der Waals surface area contributed by atoms with E-state index in [0.717, 1.165) is 10.1 Å². The maximum Gasteiger partial charge on any atom is 0.396 e. The Labute approximate surface area is 188 Å². The second kappa shape index (κ2) is 8.12. The summed E-state index contributed by atoms with van der Waals surface area (Å²) in [5.74, 6) is -1.52. The Bertz CT molecular complexity index is 1220. The van der Waals surface area contributed by atoms with E-state index >= 15 is 0 Å². The summed E-state index contributed by atoms with van der Waals surface area (Å²) in [6.07, 6.45) is -5.17. The Morgan fingerprint density at radius 3 is 2.62 bits per heavy atom. The van der Waals surface area contributed by atoms with Gasteiger partial charge in [-0.15, -0.1) is 0 Å². The van der Waals surface area contributed by atoms with Crippen LogP contribution in [0.2, 0.25) is 5.02 Å². The normalized spacial score (nSPS) is 16.0. The molecule has 4 rings (SSSR count). The van der Waals surface area contributed by atoms with Gasteiger partial charge >= 0.3 is 6.18 Å². The number of aliphatic hydroxyl groups excluding tert-OH is 1. The van der Waals surface area contributed by atoms with E-state index in [1.807, 2.05) is 0 Å². The first-order valence-corrected chi connectivity index (χ1v) is 10.7. The molecule has 0 aliphatic carbocycles. The van der Waals surface area contributed by atoms with Crippen LogP contribution in [0.25, 0.3) is 10.9 Å². The molecule has 8 heteroatoms. The Kier molecular flexibility index (Phi) is 5.75. The number of alkyl halides is 3. The number of aliphatic hydroxyl groups is 1. The molecule has 1 N–H and O–H groups in total. The van der Waals surface area contributed by atoms with E-state index < -0.39 is 30.2 Å². The molecule has 0 radical (unpaired) electrons. The van der Waals surface area contributed by atoms with Gasteiger partial charge in [-0.2, -0.15) is 13.2 Å². The van der Waals surface area contributed by atoms with Crippen molar-refractivity contribution in [3.05, 3.63) is 75.0 Å². The van der Waals surface area contributed by atoms with Crippen molar-refractivity contribution in [2.45, 2.75) is 44.5 Å². The van der Waals surface area contributed by atoms with Crippen molar-refractivity contribution >= 4 is 22.5 Å². The van der Waals surface area contributed by atoms with Crippen LogP contribution in [0.1, 0.15) is 37.6 Å². The van der Waals surface area contributed by atoms with Gasteiger partial charge in [-0.1, -0.05) is 37.6 Å². The third kappa shape index (κ3) is 4.11. The molecule has 4 nitrogen and oxygen atoms in total. The van der Waals surface area contributed by atoms with Crippen LogP contribution in [0.15, 0.2) is 53.5 Å². The van der Waals surface area contributed by atoms with Gasteiger partial charge in [0.2, 0.25) is 0 Å². The van der Waals surface area contributed by atoms with Crippen LogP contribution >= 0.6 is 11.6 Å². The first-order valence-electron chi connectivity index (χ1n) is 10.3. The van der Waals surface area contributed by atoms with E-state index in [4.69, 9.17) is 16.3 Å². The Hall–Kier alpha value is -2.51. The molecule has 0 amide bonds. The second-order valence-electron chi connectivity index (χ2n) is 8.79. The number of hydrogen-bond donors (Lipinski definition) is 1. The number of benzene rings is 2. The lowest BCUT2D eigenvalue weighted by Gasteiger charge is -2.35. The maximum absolute atomic E-state index is 14.2. The van der Waals surface area contributed by atoms with Crippen LogP contribution in [0.4, 0.5) is 13.2 Å². The van der Waals surface area contributed by atoms with E-state index in [1.165, 1.54) is 24.4 Å². The average molecular weight is 466 g/mol. The molecular formula is C24H23ClF3NO3. The number of rotatable bonds is 5. The van der Waals surface area contributed by atoms with Crippen LogP contribution < -0.4 is 10.2 Å². The summed E-state index contributed by atoms with van der Waals surface area (Å²) < 4.78 is 49.6. The van der Waals surface area contributed by atoms with Gasteiger partial charge < -0.3 is 14.4 Å². The highest BCUT2D eigenvalue weighted by molar-refractivity contribution is 6.30. The summed E-state index contributed by atoms with van der Waals surface area (Å²) >= 11 is 6.24. The first kappa shape index (κ1) is 22.7. The number of aromatic nitrogens is 1. The molecular weight excluding hydrogens is 443 g/mol. The van der Waals surface area contributed by atoms with Crippen LogP contribution in [0.5, 0.6) is 5.75 Å². The van der Waals surface area contributed by atoms with Gasteiger partial charge in [0.1, 0.15) is 17.9 Å². The summed E-state index contributed by atoms with van der Waals surface area (Å²) in [6, 6.07) is 10.9. The van der Waals surface area contributed by atoms with E-state index in [2.05, 4.69) is 0 Å². The third-order valence-corrected chi connectivity index (χ3v) is 6.33. The van der Waals surface area contributed by atoms with Crippen LogP contribution in [-0.2, 0) is 11.8 Å². The van der Waals surface area contributed by atoms with Crippen LogP contribution in [0.3, 0.4) is 0 Å². The molecule has 170 valence electrons. The Balaban J connectivity index is 1.77. The number of halogens is 4. The number of ether oxygens (including phenoxy) is 1. The van der Waals surface area contributed by atoms with Gasteiger partial charge in [0.15, 0.2) is 5.43 Å². The summed E-state index contributed by atoms with van der Waals surface area (Å²) in [4.78, 5) is 12.1. The molecule has 2 atom stereocenters. The van der Waals surface area contributed by atoms with Crippen molar-refractivity contribution in [1.29, 1.82) is 0 Å². The maximum atomic E-state index is 14.2. The van der Waals surface area contributed by atoms with Gasteiger partial charge in [-0.25, -0.2) is 0 Å². The second-order valence-corrected chi connectivity index (χ2v) is 9.23.